The van der Waals surface area contributed by atoms with Crippen molar-refractivity contribution in [2.75, 3.05) is 41.2 Å². The number of phenols is 1. The lowest BCUT2D eigenvalue weighted by Crippen LogP contribution is -2.62. The molecule has 0 amide bonds. The molecule has 3 aromatic rings. The fourth-order valence-electron chi connectivity index (χ4n) is 5.14. The van der Waals surface area contributed by atoms with Gasteiger partial charge in [0.2, 0.25) is 17.5 Å². The molecule has 0 aliphatic carbocycles. The average molecular weight is 639 g/mol. The van der Waals surface area contributed by atoms with Gasteiger partial charge in [0, 0.05) is 17.7 Å². The highest BCUT2D eigenvalue weighted by Crippen LogP contribution is 2.40. The maximum atomic E-state index is 13.2. The van der Waals surface area contributed by atoms with Crippen molar-refractivity contribution < 1.29 is 73.3 Å². The van der Waals surface area contributed by atoms with E-state index in [2.05, 4.69) is 0 Å². The highest BCUT2D eigenvalue weighted by Gasteiger charge is 2.53. The van der Waals surface area contributed by atoms with E-state index in [-0.39, 0.29) is 45.5 Å². The van der Waals surface area contributed by atoms with Crippen molar-refractivity contribution >= 4 is 11.0 Å². The van der Waals surface area contributed by atoms with Crippen molar-refractivity contribution in [3.8, 4) is 40.1 Å². The van der Waals surface area contributed by atoms with Gasteiger partial charge in [-0.1, -0.05) is 0 Å². The van der Waals surface area contributed by atoms with Crippen LogP contribution >= 0.6 is 0 Å². The number of hydrogen-bond acceptors (Lipinski definition) is 16. The molecule has 246 valence electrons. The molecule has 45 heavy (non-hydrogen) atoms. The first-order valence-electron chi connectivity index (χ1n) is 13.7. The Morgan fingerprint density at radius 3 is 2.33 bits per heavy atom. The van der Waals surface area contributed by atoms with Gasteiger partial charge in [0.1, 0.15) is 52.5 Å². The van der Waals surface area contributed by atoms with Crippen LogP contribution in [-0.2, 0) is 14.2 Å². The Morgan fingerprint density at radius 1 is 0.956 bits per heavy atom. The Balaban J connectivity index is 1.49. The molecule has 3 heterocycles. The van der Waals surface area contributed by atoms with Gasteiger partial charge in [0.25, 0.3) is 0 Å². The average Bonchev–Trinajstić information content (AvgIpc) is 3.33. The number of benzene rings is 2. The lowest BCUT2D eigenvalue weighted by Gasteiger charge is -2.42. The van der Waals surface area contributed by atoms with E-state index < -0.39 is 74.0 Å². The maximum absolute atomic E-state index is 13.2. The van der Waals surface area contributed by atoms with Gasteiger partial charge in [0.15, 0.2) is 29.7 Å². The molecule has 2 aromatic carbocycles. The van der Waals surface area contributed by atoms with Crippen molar-refractivity contribution in [1.82, 2.24) is 0 Å². The Bertz CT molecular complexity index is 1570. The van der Waals surface area contributed by atoms with Gasteiger partial charge in [0.05, 0.1) is 41.2 Å². The van der Waals surface area contributed by atoms with E-state index in [4.69, 9.17) is 37.6 Å². The molecule has 1 aromatic heterocycles. The molecule has 16 nitrogen and oxygen atoms in total. The summed E-state index contributed by atoms with van der Waals surface area (Å²) in [6.45, 7) is -2.02. The van der Waals surface area contributed by atoms with Crippen LogP contribution in [-0.4, -0.2) is 126 Å². The van der Waals surface area contributed by atoms with Gasteiger partial charge in [-0.25, -0.2) is 0 Å². The molecule has 7 N–H and O–H groups in total. The normalized spacial score (nSPS) is 29.9. The second-order valence-electron chi connectivity index (χ2n) is 10.5. The van der Waals surface area contributed by atoms with E-state index in [0.717, 1.165) is 0 Å². The standard InChI is InChI=1S/C29H34O16/c1-38-13-7-14(32)19-17(8-13)42-23(24(40-3)21(19)34)12-4-5-15(16(6-12)39-2)43-27-25(22(35)20(33)18(9-30)44-27)45-28-26(36)29(37,10-31)11-41-28/h4-8,18,20,22,25-28,30-33,35-37H,9-11H2,1-3H3/t18-,20-,22+,25-,26+,27-,28+,29-/m1/s1. The molecule has 8 atom stereocenters. The molecule has 0 unspecified atom stereocenters. The summed E-state index contributed by atoms with van der Waals surface area (Å²) in [4.78, 5) is 13.2. The quantitative estimate of drug-likeness (QED) is 0.139. The van der Waals surface area contributed by atoms with Gasteiger partial charge in [-0.15, -0.1) is 0 Å². The van der Waals surface area contributed by atoms with Crippen LogP contribution in [0.2, 0.25) is 0 Å². The van der Waals surface area contributed by atoms with E-state index in [0.29, 0.717) is 5.56 Å². The first-order valence-corrected chi connectivity index (χ1v) is 13.7. The molecular weight excluding hydrogens is 604 g/mol. The Kier molecular flexibility index (Phi) is 9.41. The van der Waals surface area contributed by atoms with E-state index >= 15 is 0 Å². The van der Waals surface area contributed by atoms with Crippen molar-refractivity contribution in [2.45, 2.75) is 48.7 Å². The van der Waals surface area contributed by atoms with Gasteiger partial charge < -0.3 is 73.3 Å². The van der Waals surface area contributed by atoms with E-state index in [9.17, 15) is 40.5 Å². The molecule has 16 heteroatoms. The number of phenolic OH excluding ortho intramolecular Hbond substituents is 1. The molecule has 2 fully saturated rings. The van der Waals surface area contributed by atoms with Crippen molar-refractivity contribution in [1.29, 1.82) is 0 Å². The van der Waals surface area contributed by atoms with Crippen LogP contribution in [0, 0.1) is 0 Å². The van der Waals surface area contributed by atoms with Crippen LogP contribution < -0.4 is 24.4 Å². The lowest BCUT2D eigenvalue weighted by atomic mass is 9.98. The predicted molar refractivity (Wildman–Crippen MR) is 150 cm³/mol. The van der Waals surface area contributed by atoms with Crippen LogP contribution in [0.5, 0.6) is 28.7 Å². The number of aliphatic hydroxyl groups excluding tert-OH is 5. The van der Waals surface area contributed by atoms with Crippen LogP contribution in [0.1, 0.15) is 0 Å². The molecule has 2 aliphatic rings. The first kappa shape index (κ1) is 32.7. The summed E-state index contributed by atoms with van der Waals surface area (Å²) >= 11 is 0. The number of hydrogen-bond donors (Lipinski definition) is 7. The summed E-state index contributed by atoms with van der Waals surface area (Å²) in [5, 5.41) is 71.6. The Labute approximate surface area is 255 Å². The summed E-state index contributed by atoms with van der Waals surface area (Å²) in [7, 11) is 3.98. The van der Waals surface area contributed by atoms with Gasteiger partial charge in [-0.3, -0.25) is 4.79 Å². The molecule has 2 saturated heterocycles. The monoisotopic (exact) mass is 638 g/mol. The smallest absolute Gasteiger partial charge is 0.239 e. The zero-order chi connectivity index (χ0) is 32.6. The summed E-state index contributed by atoms with van der Waals surface area (Å²) in [5.74, 6) is -0.246. The predicted octanol–water partition coefficient (Wildman–Crippen LogP) is -1.16. The Hall–Kier alpha value is -3.71. The van der Waals surface area contributed by atoms with Crippen LogP contribution in [0.25, 0.3) is 22.3 Å². The summed E-state index contributed by atoms with van der Waals surface area (Å²) in [5.41, 5.74) is -2.36. The minimum absolute atomic E-state index is 0.00902. The number of fused-ring (bicyclic) bond motifs is 1. The zero-order valence-electron chi connectivity index (χ0n) is 24.4. The SMILES string of the molecule is COc1cc(O)c2c(=O)c(OC)c(-c3ccc(O[C@@H]4O[C@H](CO)[C@@H](O)[C@H](O)[C@H]4O[C@@H]4OC[C@](O)(CO)[C@H]4O)c(OC)c3)oc2c1. The molecule has 5 rings (SSSR count). The van der Waals surface area contributed by atoms with Gasteiger partial charge in [-0.2, -0.15) is 0 Å². The van der Waals surface area contributed by atoms with Crippen LogP contribution in [0.15, 0.2) is 39.5 Å². The van der Waals surface area contributed by atoms with Crippen molar-refractivity contribution in [3.05, 3.63) is 40.6 Å². The van der Waals surface area contributed by atoms with Gasteiger partial charge >= 0.3 is 0 Å². The van der Waals surface area contributed by atoms with Crippen molar-refractivity contribution in [2.24, 2.45) is 0 Å². The van der Waals surface area contributed by atoms with Crippen LogP contribution in [0.4, 0.5) is 0 Å². The van der Waals surface area contributed by atoms with E-state index in [1.807, 2.05) is 0 Å². The number of ether oxygens (including phenoxy) is 7. The highest BCUT2D eigenvalue weighted by atomic mass is 16.8. The number of aliphatic hydroxyl groups is 6. The number of aromatic hydroxyl groups is 1. The fraction of sp³-hybridized carbons (Fsp3) is 0.483. The zero-order valence-corrected chi connectivity index (χ0v) is 24.4. The first-order chi connectivity index (χ1) is 21.5. The van der Waals surface area contributed by atoms with Crippen LogP contribution in [0.3, 0.4) is 0 Å². The molecule has 2 aliphatic heterocycles. The maximum Gasteiger partial charge on any atom is 0.239 e. The highest BCUT2D eigenvalue weighted by molar-refractivity contribution is 5.88. The summed E-state index contributed by atoms with van der Waals surface area (Å²) in [6.07, 6.45) is -11.0. The second kappa shape index (κ2) is 13.0. The van der Waals surface area contributed by atoms with E-state index in [1.165, 1.54) is 51.7 Å². The van der Waals surface area contributed by atoms with E-state index in [1.54, 1.807) is 0 Å². The minimum Gasteiger partial charge on any atom is -0.507 e. The third kappa shape index (κ3) is 5.87. The Morgan fingerprint density at radius 2 is 1.71 bits per heavy atom. The molecule has 0 spiro atoms. The lowest BCUT2D eigenvalue weighted by molar-refractivity contribution is -0.319. The minimum atomic E-state index is -2.03. The second-order valence-corrected chi connectivity index (χ2v) is 10.5. The summed E-state index contributed by atoms with van der Waals surface area (Å²) in [6, 6.07) is 7.04. The third-order valence-electron chi connectivity index (χ3n) is 7.71. The molecular formula is C29H34O16. The fourth-order valence-corrected chi connectivity index (χ4v) is 5.14. The van der Waals surface area contributed by atoms with Crippen molar-refractivity contribution in [3.63, 3.8) is 0 Å². The largest absolute Gasteiger partial charge is 0.507 e. The summed E-state index contributed by atoms with van der Waals surface area (Å²) < 4.78 is 44.6. The molecule has 0 bridgehead atoms. The van der Waals surface area contributed by atoms with Gasteiger partial charge in [-0.05, 0) is 18.2 Å². The third-order valence-corrected chi connectivity index (χ3v) is 7.71. The molecule has 0 saturated carbocycles. The number of rotatable bonds is 10. The number of methoxy groups -OCH3 is 3. The topological polar surface area (TPSA) is 236 Å². The molecule has 0 radical (unpaired) electrons.